The molecule has 0 radical (unpaired) electrons. The summed E-state index contributed by atoms with van der Waals surface area (Å²) in [7, 11) is 1.63. The Morgan fingerprint density at radius 3 is 2.25 bits per heavy atom. The van der Waals surface area contributed by atoms with Crippen LogP contribution in [-0.4, -0.2) is 7.11 Å². The molecule has 0 fully saturated rings. The van der Waals surface area contributed by atoms with Crippen LogP contribution in [0, 0.1) is 0 Å². The second-order valence-electron chi connectivity index (χ2n) is 6.07. The number of benzene rings is 3. The molecule has 0 aliphatic carbocycles. The number of rotatable bonds is 3. The minimum absolute atomic E-state index is 0.467. The highest BCUT2D eigenvalue weighted by Gasteiger charge is 2.08. The molecule has 0 spiro atoms. The largest absolute Gasteiger partial charge is 0.497 e. The highest BCUT2D eigenvalue weighted by molar-refractivity contribution is 6.36. The van der Waals surface area contributed by atoms with Crippen LogP contribution in [0.3, 0.4) is 0 Å². The SMILES string of the molecule is COc1ccc(-c2cc(=Nc3ccc(Cl)cc3Cl)c3cc(Cl)ccc3o2)cc1. The molecule has 0 bridgehead atoms. The number of hydrogen-bond donors (Lipinski definition) is 0. The summed E-state index contributed by atoms with van der Waals surface area (Å²) in [5.74, 6) is 1.44. The lowest BCUT2D eigenvalue weighted by Gasteiger charge is -2.07. The van der Waals surface area contributed by atoms with E-state index < -0.39 is 0 Å². The molecule has 1 heterocycles. The highest BCUT2D eigenvalue weighted by atomic mass is 35.5. The minimum atomic E-state index is 0.467. The van der Waals surface area contributed by atoms with E-state index in [1.807, 2.05) is 42.5 Å². The van der Waals surface area contributed by atoms with E-state index in [2.05, 4.69) is 0 Å². The molecule has 28 heavy (non-hydrogen) atoms. The van der Waals surface area contributed by atoms with Gasteiger partial charge in [-0.05, 0) is 60.7 Å². The summed E-state index contributed by atoms with van der Waals surface area (Å²) < 4.78 is 11.3. The van der Waals surface area contributed by atoms with Crippen molar-refractivity contribution < 1.29 is 9.15 Å². The Morgan fingerprint density at radius 1 is 0.821 bits per heavy atom. The first-order valence-corrected chi connectivity index (χ1v) is 9.54. The van der Waals surface area contributed by atoms with Gasteiger partial charge in [0.15, 0.2) is 0 Å². The van der Waals surface area contributed by atoms with Crippen LogP contribution >= 0.6 is 34.8 Å². The summed E-state index contributed by atoms with van der Waals surface area (Å²) >= 11 is 18.5. The van der Waals surface area contributed by atoms with Crippen LogP contribution in [-0.2, 0) is 0 Å². The Morgan fingerprint density at radius 2 is 1.54 bits per heavy atom. The normalized spacial score (nSPS) is 11.8. The van der Waals surface area contributed by atoms with Crippen molar-refractivity contribution in [2.45, 2.75) is 0 Å². The van der Waals surface area contributed by atoms with Gasteiger partial charge in [-0.1, -0.05) is 34.8 Å². The zero-order chi connectivity index (χ0) is 19.7. The molecule has 1 aromatic heterocycles. The van der Waals surface area contributed by atoms with Gasteiger partial charge in [-0.15, -0.1) is 0 Å². The number of halogens is 3. The van der Waals surface area contributed by atoms with Crippen molar-refractivity contribution in [3.63, 3.8) is 0 Å². The lowest BCUT2D eigenvalue weighted by atomic mass is 10.1. The molecular formula is C22H14Cl3NO2. The van der Waals surface area contributed by atoms with Crippen molar-refractivity contribution in [2.24, 2.45) is 4.99 Å². The van der Waals surface area contributed by atoms with E-state index >= 15 is 0 Å². The Hall–Kier alpha value is -2.46. The Bertz CT molecular complexity index is 1230. The van der Waals surface area contributed by atoms with Crippen LogP contribution in [0.25, 0.3) is 22.3 Å². The molecule has 4 rings (SSSR count). The molecule has 0 unspecified atom stereocenters. The van der Waals surface area contributed by atoms with Gasteiger partial charge in [0.2, 0.25) is 0 Å². The van der Waals surface area contributed by atoms with Crippen molar-refractivity contribution in [1.82, 2.24) is 0 Å². The zero-order valence-electron chi connectivity index (χ0n) is 14.7. The van der Waals surface area contributed by atoms with Gasteiger partial charge < -0.3 is 9.15 Å². The summed E-state index contributed by atoms with van der Waals surface area (Å²) in [5.41, 5.74) is 2.18. The summed E-state index contributed by atoms with van der Waals surface area (Å²) in [6, 6.07) is 20.1. The van der Waals surface area contributed by atoms with Crippen molar-refractivity contribution in [2.75, 3.05) is 7.11 Å². The average molecular weight is 431 g/mol. The lowest BCUT2D eigenvalue weighted by Crippen LogP contribution is -2.03. The van der Waals surface area contributed by atoms with Crippen LogP contribution in [0.5, 0.6) is 5.75 Å². The predicted octanol–water partition coefficient (Wildman–Crippen LogP) is 7.30. The molecule has 140 valence electrons. The van der Waals surface area contributed by atoms with Crippen molar-refractivity contribution in [3.8, 4) is 17.1 Å². The number of ether oxygens (including phenoxy) is 1. The minimum Gasteiger partial charge on any atom is -0.497 e. The maximum absolute atomic E-state index is 6.31. The van der Waals surface area contributed by atoms with E-state index in [0.717, 1.165) is 16.7 Å². The standard InChI is InChI=1S/C22H14Cl3NO2/c1-27-16-6-2-13(3-7-16)22-12-20(17-10-14(23)5-9-21(17)28-22)26-19-8-4-15(24)11-18(19)25/h2-12H,1H3. The fraction of sp³-hybridized carbons (Fsp3) is 0.0455. The zero-order valence-corrected chi connectivity index (χ0v) is 17.0. The quantitative estimate of drug-likeness (QED) is 0.342. The molecule has 0 saturated carbocycles. The fourth-order valence-corrected chi connectivity index (χ4v) is 3.46. The fourth-order valence-electron chi connectivity index (χ4n) is 2.83. The molecule has 4 aromatic rings. The van der Waals surface area contributed by atoms with Gasteiger partial charge >= 0.3 is 0 Å². The second kappa shape index (κ2) is 7.88. The first-order valence-electron chi connectivity index (χ1n) is 8.41. The summed E-state index contributed by atoms with van der Waals surface area (Å²) in [4.78, 5) is 4.74. The van der Waals surface area contributed by atoms with E-state index in [9.17, 15) is 0 Å². The first kappa shape index (κ1) is 18.9. The molecule has 3 nitrogen and oxygen atoms in total. The van der Waals surface area contributed by atoms with Gasteiger partial charge in [0.25, 0.3) is 0 Å². The molecule has 0 saturated heterocycles. The van der Waals surface area contributed by atoms with Crippen LogP contribution in [0.15, 0.2) is 76.1 Å². The Kier molecular flexibility index (Phi) is 5.31. The third-order valence-corrected chi connectivity index (χ3v) is 5.00. The lowest BCUT2D eigenvalue weighted by molar-refractivity contribution is 0.415. The highest BCUT2D eigenvalue weighted by Crippen LogP contribution is 2.29. The molecule has 0 amide bonds. The second-order valence-corrected chi connectivity index (χ2v) is 7.35. The van der Waals surface area contributed by atoms with Gasteiger partial charge in [0.1, 0.15) is 17.1 Å². The van der Waals surface area contributed by atoms with Gasteiger partial charge in [-0.25, -0.2) is 4.99 Å². The van der Waals surface area contributed by atoms with Gasteiger partial charge in [0, 0.05) is 27.1 Å². The van der Waals surface area contributed by atoms with Crippen LogP contribution < -0.4 is 10.1 Å². The van der Waals surface area contributed by atoms with Gasteiger partial charge in [-0.3, -0.25) is 0 Å². The van der Waals surface area contributed by atoms with Crippen LogP contribution in [0.2, 0.25) is 15.1 Å². The van der Waals surface area contributed by atoms with Gasteiger partial charge in [-0.2, -0.15) is 0 Å². The van der Waals surface area contributed by atoms with Crippen molar-refractivity contribution >= 4 is 51.5 Å². The summed E-state index contributed by atoms with van der Waals surface area (Å²) in [6.07, 6.45) is 0. The maximum atomic E-state index is 6.31. The first-order chi connectivity index (χ1) is 13.5. The van der Waals surface area contributed by atoms with E-state index in [1.54, 1.807) is 31.4 Å². The van der Waals surface area contributed by atoms with Crippen LogP contribution in [0.4, 0.5) is 5.69 Å². The molecule has 3 aromatic carbocycles. The van der Waals surface area contributed by atoms with Gasteiger partial charge in [0.05, 0.1) is 23.2 Å². The Balaban J connectivity index is 1.97. The molecule has 0 N–H and O–H groups in total. The molecule has 0 atom stereocenters. The average Bonchev–Trinajstić information content (AvgIpc) is 2.70. The van der Waals surface area contributed by atoms with E-state index in [-0.39, 0.29) is 0 Å². The third kappa shape index (κ3) is 3.88. The van der Waals surface area contributed by atoms with Crippen molar-refractivity contribution in [3.05, 3.63) is 87.2 Å². The van der Waals surface area contributed by atoms with E-state index in [0.29, 0.717) is 37.5 Å². The topological polar surface area (TPSA) is 34.7 Å². The maximum Gasteiger partial charge on any atom is 0.136 e. The number of nitrogens with zero attached hydrogens (tertiary/aromatic N) is 1. The predicted molar refractivity (Wildman–Crippen MR) is 115 cm³/mol. The monoisotopic (exact) mass is 429 g/mol. The molecule has 0 aliphatic heterocycles. The number of fused-ring (bicyclic) bond motifs is 1. The number of hydrogen-bond acceptors (Lipinski definition) is 3. The summed E-state index contributed by atoms with van der Waals surface area (Å²) in [5, 5.41) is 3.10. The third-order valence-electron chi connectivity index (χ3n) is 4.23. The molecule has 6 heteroatoms. The summed E-state index contributed by atoms with van der Waals surface area (Å²) in [6.45, 7) is 0. The Labute approximate surface area is 176 Å². The van der Waals surface area contributed by atoms with Crippen LogP contribution in [0.1, 0.15) is 0 Å². The molecular weight excluding hydrogens is 417 g/mol. The molecule has 0 aliphatic rings. The van der Waals surface area contributed by atoms with Crippen molar-refractivity contribution in [1.29, 1.82) is 0 Å². The number of methoxy groups -OCH3 is 1. The smallest absolute Gasteiger partial charge is 0.136 e. The van der Waals surface area contributed by atoms with E-state index in [1.165, 1.54) is 0 Å². The van der Waals surface area contributed by atoms with E-state index in [4.69, 9.17) is 48.9 Å².